The molecule has 3 aromatic rings. The second kappa shape index (κ2) is 7.49. The summed E-state index contributed by atoms with van der Waals surface area (Å²) in [7, 11) is 0. The third-order valence-corrected chi connectivity index (χ3v) is 4.01. The number of halogens is 2. The van der Waals surface area contributed by atoms with Crippen molar-refractivity contribution in [3.63, 3.8) is 0 Å². The molecule has 0 amide bonds. The van der Waals surface area contributed by atoms with Crippen LogP contribution in [0.5, 0.6) is 0 Å². The van der Waals surface area contributed by atoms with E-state index in [0.29, 0.717) is 0 Å². The third kappa shape index (κ3) is 4.47. The summed E-state index contributed by atoms with van der Waals surface area (Å²) < 4.78 is 0. The minimum Gasteiger partial charge on any atom is -0.348 e. The first-order valence-corrected chi connectivity index (χ1v) is 8.11. The Morgan fingerprint density at radius 2 is 1.52 bits per heavy atom. The first-order chi connectivity index (χ1) is 11.2. The third-order valence-electron chi connectivity index (χ3n) is 3.52. The van der Waals surface area contributed by atoms with Gasteiger partial charge in [0.2, 0.25) is 0 Å². The Morgan fingerprint density at radius 3 is 2.22 bits per heavy atom. The molecule has 0 radical (unpaired) electrons. The number of aromatic nitrogens is 1. The van der Waals surface area contributed by atoms with E-state index in [9.17, 15) is 0 Å². The monoisotopic (exact) mass is 342 g/mol. The zero-order valence-electron chi connectivity index (χ0n) is 12.5. The number of rotatable bonds is 5. The maximum absolute atomic E-state index is 6.10. The largest absolute Gasteiger partial charge is 0.348 e. The fraction of sp³-hybridized carbons (Fsp3) is 0.105. The van der Waals surface area contributed by atoms with Crippen LogP contribution in [-0.2, 0) is 13.1 Å². The first-order valence-electron chi connectivity index (χ1n) is 7.35. The Kier molecular flexibility index (Phi) is 5.16. The molecule has 0 fully saturated rings. The summed E-state index contributed by atoms with van der Waals surface area (Å²) in [5.41, 5.74) is 2.33. The molecule has 3 rings (SSSR count). The highest BCUT2D eigenvalue weighted by molar-refractivity contribution is 6.30. The van der Waals surface area contributed by atoms with Gasteiger partial charge in [0.15, 0.2) is 0 Å². The maximum Gasteiger partial charge on any atom is 0.129 e. The predicted molar refractivity (Wildman–Crippen MR) is 97.0 cm³/mol. The molecule has 0 saturated carbocycles. The summed E-state index contributed by atoms with van der Waals surface area (Å²) in [5, 5.41) is 1.49. The SMILES string of the molecule is Clc1ccc(CN(Cc2cccc(Cl)c2)c2ccccn2)cc1. The smallest absolute Gasteiger partial charge is 0.129 e. The zero-order chi connectivity index (χ0) is 16.1. The Hall–Kier alpha value is -2.03. The van der Waals surface area contributed by atoms with Crippen molar-refractivity contribution < 1.29 is 0 Å². The summed E-state index contributed by atoms with van der Waals surface area (Å²) in [5.74, 6) is 0.933. The van der Waals surface area contributed by atoms with Crippen LogP contribution in [0.1, 0.15) is 11.1 Å². The van der Waals surface area contributed by atoms with Crippen molar-refractivity contribution >= 4 is 29.0 Å². The van der Waals surface area contributed by atoms with E-state index in [1.54, 1.807) is 0 Å². The van der Waals surface area contributed by atoms with E-state index < -0.39 is 0 Å². The fourth-order valence-electron chi connectivity index (χ4n) is 2.42. The van der Waals surface area contributed by atoms with Crippen LogP contribution in [0.3, 0.4) is 0 Å². The summed E-state index contributed by atoms with van der Waals surface area (Å²) >= 11 is 12.1. The van der Waals surface area contributed by atoms with Crippen LogP contribution in [0.25, 0.3) is 0 Å². The minimum atomic E-state index is 0.736. The van der Waals surface area contributed by atoms with Gasteiger partial charge in [-0.25, -0.2) is 4.98 Å². The lowest BCUT2D eigenvalue weighted by atomic mass is 10.1. The first kappa shape index (κ1) is 15.9. The van der Waals surface area contributed by atoms with Gasteiger partial charge in [0.25, 0.3) is 0 Å². The lowest BCUT2D eigenvalue weighted by Gasteiger charge is -2.24. The molecule has 1 aromatic heterocycles. The molecule has 1 heterocycles. The number of anilines is 1. The van der Waals surface area contributed by atoms with E-state index in [4.69, 9.17) is 23.2 Å². The van der Waals surface area contributed by atoms with Crippen LogP contribution in [-0.4, -0.2) is 4.98 Å². The van der Waals surface area contributed by atoms with Gasteiger partial charge in [0, 0.05) is 29.3 Å². The lowest BCUT2D eigenvalue weighted by molar-refractivity contribution is 0.783. The second-order valence-corrected chi connectivity index (χ2v) is 6.17. The predicted octanol–water partition coefficient (Wildman–Crippen LogP) is 5.60. The Morgan fingerprint density at radius 1 is 0.739 bits per heavy atom. The summed E-state index contributed by atoms with van der Waals surface area (Å²) in [4.78, 5) is 6.70. The van der Waals surface area contributed by atoms with E-state index in [2.05, 4.69) is 16.0 Å². The topological polar surface area (TPSA) is 16.1 Å². The van der Waals surface area contributed by atoms with Crippen LogP contribution in [0.4, 0.5) is 5.82 Å². The van der Waals surface area contributed by atoms with Gasteiger partial charge in [-0.1, -0.05) is 53.5 Å². The van der Waals surface area contributed by atoms with Crippen LogP contribution >= 0.6 is 23.2 Å². The number of pyridine rings is 1. The molecule has 0 aliphatic rings. The molecule has 0 unspecified atom stereocenters. The van der Waals surface area contributed by atoms with Gasteiger partial charge in [-0.15, -0.1) is 0 Å². The molecule has 2 aromatic carbocycles. The highest BCUT2D eigenvalue weighted by atomic mass is 35.5. The van der Waals surface area contributed by atoms with E-state index in [1.807, 2.05) is 66.9 Å². The quantitative estimate of drug-likeness (QED) is 0.600. The van der Waals surface area contributed by atoms with Crippen molar-refractivity contribution in [1.82, 2.24) is 4.98 Å². The molecule has 0 aliphatic heterocycles. The molecule has 0 N–H and O–H groups in total. The molecule has 4 heteroatoms. The molecular weight excluding hydrogens is 327 g/mol. The summed E-state index contributed by atoms with van der Waals surface area (Å²) in [6.07, 6.45) is 1.81. The molecule has 116 valence electrons. The average molecular weight is 343 g/mol. The van der Waals surface area contributed by atoms with Crippen molar-refractivity contribution in [3.05, 3.63) is 94.1 Å². The van der Waals surface area contributed by atoms with Gasteiger partial charge >= 0.3 is 0 Å². The van der Waals surface area contributed by atoms with E-state index in [-0.39, 0.29) is 0 Å². The average Bonchev–Trinajstić information content (AvgIpc) is 2.57. The molecule has 0 saturated heterocycles. The van der Waals surface area contributed by atoms with Gasteiger partial charge in [-0.3, -0.25) is 0 Å². The fourth-order valence-corrected chi connectivity index (χ4v) is 2.76. The second-order valence-electron chi connectivity index (χ2n) is 5.30. The van der Waals surface area contributed by atoms with E-state index >= 15 is 0 Å². The van der Waals surface area contributed by atoms with Crippen molar-refractivity contribution in [2.24, 2.45) is 0 Å². The Balaban J connectivity index is 1.86. The highest BCUT2D eigenvalue weighted by Crippen LogP contribution is 2.20. The van der Waals surface area contributed by atoms with Crippen molar-refractivity contribution in [3.8, 4) is 0 Å². The van der Waals surface area contributed by atoms with Crippen LogP contribution in [0.2, 0.25) is 10.0 Å². The molecule has 23 heavy (non-hydrogen) atoms. The number of hydrogen-bond donors (Lipinski definition) is 0. The van der Waals surface area contributed by atoms with Crippen molar-refractivity contribution in [1.29, 1.82) is 0 Å². The van der Waals surface area contributed by atoms with Gasteiger partial charge in [-0.05, 0) is 47.5 Å². The van der Waals surface area contributed by atoms with Gasteiger partial charge in [-0.2, -0.15) is 0 Å². The molecule has 0 bridgehead atoms. The summed E-state index contributed by atoms with van der Waals surface area (Å²) in [6, 6.07) is 21.7. The summed E-state index contributed by atoms with van der Waals surface area (Å²) in [6.45, 7) is 1.49. The van der Waals surface area contributed by atoms with E-state index in [0.717, 1.165) is 34.5 Å². The molecule has 0 atom stereocenters. The normalized spacial score (nSPS) is 10.5. The van der Waals surface area contributed by atoms with Gasteiger partial charge in [0.05, 0.1) is 0 Å². The van der Waals surface area contributed by atoms with Crippen LogP contribution < -0.4 is 4.90 Å². The van der Waals surface area contributed by atoms with Crippen molar-refractivity contribution in [2.75, 3.05) is 4.90 Å². The molecule has 2 nitrogen and oxygen atoms in total. The maximum atomic E-state index is 6.10. The van der Waals surface area contributed by atoms with Gasteiger partial charge < -0.3 is 4.90 Å². The molecule has 0 aliphatic carbocycles. The van der Waals surface area contributed by atoms with Crippen LogP contribution in [0.15, 0.2) is 72.9 Å². The minimum absolute atomic E-state index is 0.736. The standard InChI is InChI=1S/C19H16Cl2N2/c20-17-9-7-15(8-10-17)13-23(19-6-1-2-11-22-19)14-16-4-3-5-18(21)12-16/h1-12H,13-14H2. The number of nitrogens with zero attached hydrogens (tertiary/aromatic N) is 2. The van der Waals surface area contributed by atoms with Crippen molar-refractivity contribution in [2.45, 2.75) is 13.1 Å². The van der Waals surface area contributed by atoms with Crippen LogP contribution in [0, 0.1) is 0 Å². The van der Waals surface area contributed by atoms with E-state index in [1.165, 1.54) is 5.56 Å². The zero-order valence-corrected chi connectivity index (χ0v) is 14.0. The lowest BCUT2D eigenvalue weighted by Crippen LogP contribution is -2.23. The number of hydrogen-bond acceptors (Lipinski definition) is 2. The highest BCUT2D eigenvalue weighted by Gasteiger charge is 2.10. The Bertz CT molecular complexity index is 758. The Labute approximate surface area is 146 Å². The molecule has 0 spiro atoms. The molecular formula is C19H16Cl2N2. The number of benzene rings is 2. The van der Waals surface area contributed by atoms with Gasteiger partial charge in [0.1, 0.15) is 5.82 Å².